The minimum atomic E-state index is -1.52. The highest BCUT2D eigenvalue weighted by molar-refractivity contribution is 5.26. The molecular weight excluding hydrogens is 269 g/mol. The summed E-state index contributed by atoms with van der Waals surface area (Å²) in [6.07, 6.45) is 4.07. The zero-order valence-electron chi connectivity index (χ0n) is 11.4. The normalized spacial score (nSPS) is 21.0. The molecule has 21 heavy (non-hydrogen) atoms. The Hall–Kier alpha value is -2.17. The first-order valence-electron chi connectivity index (χ1n) is 6.83. The van der Waals surface area contributed by atoms with E-state index in [-0.39, 0.29) is 5.82 Å². The summed E-state index contributed by atoms with van der Waals surface area (Å²) in [7, 11) is 0. The molecule has 4 heteroatoms. The van der Waals surface area contributed by atoms with E-state index in [4.69, 9.17) is 4.84 Å². The van der Waals surface area contributed by atoms with Gasteiger partial charge in [0.05, 0.1) is 0 Å². The van der Waals surface area contributed by atoms with Crippen molar-refractivity contribution in [3.8, 4) is 0 Å². The molecule has 0 radical (unpaired) electrons. The molecule has 3 rings (SSSR count). The predicted molar refractivity (Wildman–Crippen MR) is 77.4 cm³/mol. The van der Waals surface area contributed by atoms with Gasteiger partial charge in [-0.05, 0) is 30.2 Å². The molecule has 0 amide bonds. The van der Waals surface area contributed by atoms with Gasteiger partial charge in [-0.1, -0.05) is 42.5 Å². The Bertz CT molecular complexity index is 627. The maximum atomic E-state index is 12.9. The smallest absolute Gasteiger partial charge is 0.238 e. The van der Waals surface area contributed by atoms with Gasteiger partial charge in [-0.3, -0.25) is 5.06 Å². The van der Waals surface area contributed by atoms with E-state index in [0.717, 1.165) is 6.42 Å². The molecule has 108 valence electrons. The SMILES string of the molecule is OC1(c2ccc(F)cc2)C=CN(CCc2ccccc2)O1. The fraction of sp³-hybridized carbons (Fsp3) is 0.176. The first kappa shape index (κ1) is 13.8. The predicted octanol–water partition coefficient (Wildman–Crippen LogP) is 2.97. The fourth-order valence-electron chi connectivity index (χ4n) is 2.27. The second-order valence-corrected chi connectivity index (χ2v) is 4.99. The molecule has 0 aromatic heterocycles. The molecule has 2 aromatic rings. The summed E-state index contributed by atoms with van der Waals surface area (Å²) in [5.74, 6) is -1.87. The first-order chi connectivity index (χ1) is 10.2. The number of benzene rings is 2. The third-order valence-electron chi connectivity index (χ3n) is 3.44. The monoisotopic (exact) mass is 285 g/mol. The summed E-state index contributed by atoms with van der Waals surface area (Å²) >= 11 is 0. The lowest BCUT2D eigenvalue weighted by molar-refractivity contribution is -0.276. The average molecular weight is 285 g/mol. The molecular formula is C17H16FNO2. The molecule has 1 N–H and O–H groups in total. The molecule has 1 aliphatic rings. The topological polar surface area (TPSA) is 32.7 Å². The number of hydrogen-bond acceptors (Lipinski definition) is 3. The molecule has 0 aliphatic carbocycles. The molecule has 2 aromatic carbocycles. The van der Waals surface area contributed by atoms with Crippen LogP contribution in [0.5, 0.6) is 0 Å². The van der Waals surface area contributed by atoms with E-state index in [0.29, 0.717) is 12.1 Å². The maximum absolute atomic E-state index is 12.9. The third kappa shape index (κ3) is 3.12. The van der Waals surface area contributed by atoms with Crippen LogP contribution in [0.15, 0.2) is 66.9 Å². The molecule has 0 fully saturated rings. The summed E-state index contributed by atoms with van der Waals surface area (Å²) in [5.41, 5.74) is 1.70. The van der Waals surface area contributed by atoms with Gasteiger partial charge in [0.2, 0.25) is 5.79 Å². The molecule has 0 saturated carbocycles. The lowest BCUT2D eigenvalue weighted by atomic mass is 10.1. The summed E-state index contributed by atoms with van der Waals surface area (Å²) < 4.78 is 12.9. The highest BCUT2D eigenvalue weighted by Crippen LogP contribution is 2.30. The van der Waals surface area contributed by atoms with Crippen LogP contribution in [0, 0.1) is 5.82 Å². The number of hydrogen-bond donors (Lipinski definition) is 1. The standard InChI is InChI=1S/C17H16FNO2/c18-16-8-6-15(7-9-16)17(20)11-13-19(21-17)12-10-14-4-2-1-3-5-14/h1-9,11,13,20H,10,12H2. The van der Waals surface area contributed by atoms with Crippen LogP contribution in [0.1, 0.15) is 11.1 Å². The van der Waals surface area contributed by atoms with Crippen LogP contribution in [0.4, 0.5) is 4.39 Å². The lowest BCUT2D eigenvalue weighted by Gasteiger charge is -2.24. The van der Waals surface area contributed by atoms with E-state index < -0.39 is 5.79 Å². The second kappa shape index (κ2) is 5.68. The van der Waals surface area contributed by atoms with Crippen LogP contribution < -0.4 is 0 Å². The summed E-state index contributed by atoms with van der Waals surface area (Å²) in [6.45, 7) is 0.629. The van der Waals surface area contributed by atoms with Crippen molar-refractivity contribution in [2.75, 3.05) is 6.54 Å². The Morgan fingerprint density at radius 1 is 1.05 bits per heavy atom. The van der Waals surface area contributed by atoms with Gasteiger partial charge in [-0.25, -0.2) is 9.23 Å². The van der Waals surface area contributed by atoms with Crippen LogP contribution in [0.2, 0.25) is 0 Å². The van der Waals surface area contributed by atoms with Crippen molar-refractivity contribution in [1.82, 2.24) is 5.06 Å². The largest absolute Gasteiger partial charge is 0.357 e. The van der Waals surface area contributed by atoms with E-state index in [9.17, 15) is 9.50 Å². The van der Waals surface area contributed by atoms with Crippen molar-refractivity contribution in [1.29, 1.82) is 0 Å². The van der Waals surface area contributed by atoms with Crippen molar-refractivity contribution >= 4 is 0 Å². The fourth-order valence-corrected chi connectivity index (χ4v) is 2.27. The van der Waals surface area contributed by atoms with Gasteiger partial charge in [0.25, 0.3) is 0 Å². The van der Waals surface area contributed by atoms with Crippen LogP contribution in [-0.2, 0) is 17.0 Å². The molecule has 1 aliphatic heterocycles. The maximum Gasteiger partial charge on any atom is 0.238 e. The minimum Gasteiger partial charge on any atom is -0.357 e. The molecule has 0 saturated heterocycles. The zero-order chi connectivity index (χ0) is 14.7. The van der Waals surface area contributed by atoms with Gasteiger partial charge in [-0.2, -0.15) is 0 Å². The summed E-state index contributed by atoms with van der Waals surface area (Å²) in [4.78, 5) is 5.55. The van der Waals surface area contributed by atoms with E-state index in [1.807, 2.05) is 30.3 Å². The van der Waals surface area contributed by atoms with Crippen LogP contribution in [-0.4, -0.2) is 16.7 Å². The van der Waals surface area contributed by atoms with Crippen molar-refractivity contribution in [2.45, 2.75) is 12.2 Å². The Morgan fingerprint density at radius 3 is 2.48 bits per heavy atom. The Kier molecular flexibility index (Phi) is 3.73. The van der Waals surface area contributed by atoms with Gasteiger partial charge < -0.3 is 5.11 Å². The van der Waals surface area contributed by atoms with Gasteiger partial charge >= 0.3 is 0 Å². The second-order valence-electron chi connectivity index (χ2n) is 4.99. The molecule has 1 atom stereocenters. The quantitative estimate of drug-likeness (QED) is 0.937. The van der Waals surface area contributed by atoms with Crippen molar-refractivity contribution < 1.29 is 14.3 Å². The number of nitrogens with zero attached hydrogens (tertiary/aromatic N) is 1. The van der Waals surface area contributed by atoms with Gasteiger partial charge in [0.1, 0.15) is 5.82 Å². The van der Waals surface area contributed by atoms with Gasteiger partial charge in [0, 0.05) is 18.3 Å². The number of halogens is 1. The van der Waals surface area contributed by atoms with E-state index >= 15 is 0 Å². The highest BCUT2D eigenvalue weighted by Gasteiger charge is 2.34. The average Bonchev–Trinajstić information content (AvgIpc) is 2.90. The zero-order valence-corrected chi connectivity index (χ0v) is 11.4. The molecule has 0 bridgehead atoms. The number of hydroxylamine groups is 2. The Morgan fingerprint density at radius 2 is 1.76 bits per heavy atom. The molecule has 1 heterocycles. The summed E-state index contributed by atoms with van der Waals surface area (Å²) in [5, 5.41) is 12.0. The van der Waals surface area contributed by atoms with Crippen molar-refractivity contribution in [3.05, 3.63) is 83.8 Å². The van der Waals surface area contributed by atoms with E-state index in [1.54, 1.807) is 17.3 Å². The van der Waals surface area contributed by atoms with Gasteiger partial charge in [-0.15, -0.1) is 0 Å². The van der Waals surface area contributed by atoms with E-state index in [2.05, 4.69) is 0 Å². The third-order valence-corrected chi connectivity index (χ3v) is 3.44. The number of rotatable bonds is 4. The van der Waals surface area contributed by atoms with E-state index in [1.165, 1.54) is 29.8 Å². The molecule has 0 spiro atoms. The summed E-state index contributed by atoms with van der Waals surface area (Å²) in [6, 6.07) is 15.7. The van der Waals surface area contributed by atoms with Crippen molar-refractivity contribution in [2.24, 2.45) is 0 Å². The minimum absolute atomic E-state index is 0.342. The van der Waals surface area contributed by atoms with Crippen LogP contribution in [0.3, 0.4) is 0 Å². The molecule has 1 unspecified atom stereocenters. The first-order valence-corrected chi connectivity index (χ1v) is 6.83. The lowest BCUT2D eigenvalue weighted by Crippen LogP contribution is -2.29. The number of aliphatic hydroxyl groups is 1. The van der Waals surface area contributed by atoms with Gasteiger partial charge in [0.15, 0.2) is 0 Å². The Labute approximate surface area is 122 Å². The highest BCUT2D eigenvalue weighted by atomic mass is 19.1. The van der Waals surface area contributed by atoms with Crippen molar-refractivity contribution in [3.63, 3.8) is 0 Å². The Balaban J connectivity index is 1.63. The van der Waals surface area contributed by atoms with Crippen LogP contribution in [0.25, 0.3) is 0 Å². The van der Waals surface area contributed by atoms with Crippen LogP contribution >= 0.6 is 0 Å². The molecule has 3 nitrogen and oxygen atoms in total.